The van der Waals surface area contributed by atoms with Crippen LogP contribution in [0.3, 0.4) is 0 Å². The minimum atomic E-state index is -0.347. The van der Waals surface area contributed by atoms with E-state index in [4.69, 9.17) is 0 Å². The van der Waals surface area contributed by atoms with Crippen molar-refractivity contribution in [1.82, 2.24) is 4.98 Å². The number of hydrogen-bond acceptors (Lipinski definition) is 3. The first-order valence-electron chi connectivity index (χ1n) is 5.71. The highest BCUT2D eigenvalue weighted by molar-refractivity contribution is 5.87. The Morgan fingerprint density at radius 3 is 3.00 bits per heavy atom. The molecule has 2 N–H and O–H groups in total. The van der Waals surface area contributed by atoms with Gasteiger partial charge in [0.15, 0.2) is 0 Å². The van der Waals surface area contributed by atoms with E-state index in [0.29, 0.717) is 5.69 Å². The second-order valence-corrected chi connectivity index (χ2v) is 3.97. The molecular weight excluding hydrogens is 218 g/mol. The third-order valence-electron chi connectivity index (χ3n) is 2.71. The maximum absolute atomic E-state index is 11.0. The number of aromatic nitrogens is 1. The van der Waals surface area contributed by atoms with E-state index in [9.17, 15) is 10.1 Å². The number of nitro benzene ring substituents is 1. The maximum Gasteiger partial charge on any atom is 0.293 e. The molecule has 0 aliphatic heterocycles. The Morgan fingerprint density at radius 2 is 2.29 bits per heavy atom. The van der Waals surface area contributed by atoms with E-state index >= 15 is 0 Å². The zero-order valence-electron chi connectivity index (χ0n) is 9.69. The highest BCUT2D eigenvalue weighted by Gasteiger charge is 2.14. The quantitative estimate of drug-likeness (QED) is 0.473. The summed E-state index contributed by atoms with van der Waals surface area (Å²) in [6.07, 6.45) is 3.84. The zero-order chi connectivity index (χ0) is 12.3. The molecule has 0 fully saturated rings. The Kier molecular flexibility index (Phi) is 3.27. The molecule has 0 bridgehead atoms. The number of nitro groups is 1. The first-order valence-corrected chi connectivity index (χ1v) is 5.71. The molecule has 1 heterocycles. The number of benzene rings is 1. The number of rotatable bonds is 5. The lowest BCUT2D eigenvalue weighted by atomic mass is 10.2. The molecule has 90 valence electrons. The molecule has 5 nitrogen and oxygen atoms in total. The van der Waals surface area contributed by atoms with Crippen LogP contribution in [0, 0.1) is 10.1 Å². The summed E-state index contributed by atoms with van der Waals surface area (Å²) in [6.45, 7) is 2.84. The number of nitrogens with one attached hydrogen (secondary N) is 2. The van der Waals surface area contributed by atoms with Crippen LogP contribution in [0.2, 0.25) is 0 Å². The van der Waals surface area contributed by atoms with Gasteiger partial charge in [0.1, 0.15) is 5.69 Å². The monoisotopic (exact) mass is 233 g/mol. The molecule has 0 unspecified atom stereocenters. The first-order chi connectivity index (χ1) is 8.22. The van der Waals surface area contributed by atoms with E-state index in [1.165, 1.54) is 0 Å². The van der Waals surface area contributed by atoms with Crippen molar-refractivity contribution in [1.29, 1.82) is 0 Å². The summed E-state index contributed by atoms with van der Waals surface area (Å²) >= 11 is 0. The van der Waals surface area contributed by atoms with Crippen LogP contribution in [0.5, 0.6) is 0 Å². The van der Waals surface area contributed by atoms with Crippen LogP contribution in [-0.2, 0) is 0 Å². The number of nitrogens with zero attached hydrogens (tertiary/aromatic N) is 1. The highest BCUT2D eigenvalue weighted by Crippen LogP contribution is 2.29. The minimum absolute atomic E-state index is 0.133. The number of aromatic amines is 1. The third-order valence-corrected chi connectivity index (χ3v) is 2.71. The summed E-state index contributed by atoms with van der Waals surface area (Å²) in [5.74, 6) is 0. The molecule has 1 aromatic carbocycles. The summed E-state index contributed by atoms with van der Waals surface area (Å²) < 4.78 is 0. The summed E-state index contributed by atoms with van der Waals surface area (Å²) in [5, 5.41) is 15.0. The molecule has 0 amide bonds. The summed E-state index contributed by atoms with van der Waals surface area (Å²) in [5.41, 5.74) is 1.63. The average molecular weight is 233 g/mol. The molecule has 0 saturated carbocycles. The Labute approximate surface area is 99.0 Å². The van der Waals surface area contributed by atoms with Crippen molar-refractivity contribution in [2.24, 2.45) is 0 Å². The topological polar surface area (TPSA) is 71.0 Å². The van der Waals surface area contributed by atoms with Gasteiger partial charge in [-0.1, -0.05) is 13.3 Å². The lowest BCUT2D eigenvalue weighted by Crippen LogP contribution is -2.03. The average Bonchev–Trinajstić information content (AvgIpc) is 2.75. The number of H-pyrrole nitrogens is 1. The zero-order valence-corrected chi connectivity index (χ0v) is 9.69. The van der Waals surface area contributed by atoms with Crippen molar-refractivity contribution in [3.05, 3.63) is 34.5 Å². The van der Waals surface area contributed by atoms with Crippen LogP contribution in [0.25, 0.3) is 10.9 Å². The molecule has 2 rings (SSSR count). The fourth-order valence-electron chi connectivity index (χ4n) is 1.78. The Balaban J connectivity index is 2.35. The molecule has 0 saturated heterocycles. The number of anilines is 1. The molecule has 17 heavy (non-hydrogen) atoms. The van der Waals surface area contributed by atoms with Crippen LogP contribution in [0.4, 0.5) is 11.4 Å². The summed E-state index contributed by atoms with van der Waals surface area (Å²) in [7, 11) is 0. The predicted molar refractivity (Wildman–Crippen MR) is 68.4 cm³/mol. The van der Waals surface area contributed by atoms with Crippen LogP contribution in [-0.4, -0.2) is 16.5 Å². The molecule has 0 spiro atoms. The van der Waals surface area contributed by atoms with E-state index in [-0.39, 0.29) is 10.6 Å². The van der Waals surface area contributed by atoms with E-state index in [1.54, 1.807) is 18.3 Å². The van der Waals surface area contributed by atoms with Gasteiger partial charge in [-0.05, 0) is 18.6 Å². The molecule has 2 aromatic rings. The SMILES string of the molecule is CCCCNc1cc2[nH]ccc2cc1[N+](=O)[O-]. The Bertz CT molecular complexity index is 534. The Morgan fingerprint density at radius 1 is 1.47 bits per heavy atom. The normalized spacial score (nSPS) is 10.6. The fraction of sp³-hybridized carbons (Fsp3) is 0.333. The van der Waals surface area contributed by atoms with Gasteiger partial charge >= 0.3 is 0 Å². The Hall–Kier alpha value is -2.04. The van der Waals surface area contributed by atoms with Crippen molar-refractivity contribution in [3.63, 3.8) is 0 Å². The van der Waals surface area contributed by atoms with Crippen molar-refractivity contribution < 1.29 is 4.92 Å². The van der Waals surface area contributed by atoms with Crippen molar-refractivity contribution in [2.45, 2.75) is 19.8 Å². The van der Waals surface area contributed by atoms with Crippen molar-refractivity contribution in [2.75, 3.05) is 11.9 Å². The van der Waals surface area contributed by atoms with Gasteiger partial charge in [0, 0.05) is 29.7 Å². The number of hydrogen-bond donors (Lipinski definition) is 2. The smallest absolute Gasteiger partial charge is 0.293 e. The molecule has 0 aliphatic rings. The van der Waals surface area contributed by atoms with E-state index in [1.807, 2.05) is 6.07 Å². The molecule has 0 atom stereocenters. The highest BCUT2D eigenvalue weighted by atomic mass is 16.6. The lowest BCUT2D eigenvalue weighted by molar-refractivity contribution is -0.383. The second-order valence-electron chi connectivity index (χ2n) is 3.97. The molecule has 0 aliphatic carbocycles. The summed E-state index contributed by atoms with van der Waals surface area (Å²) in [4.78, 5) is 13.7. The lowest BCUT2D eigenvalue weighted by Gasteiger charge is -2.06. The maximum atomic E-state index is 11.0. The molecule has 0 radical (unpaired) electrons. The van der Waals surface area contributed by atoms with Gasteiger partial charge in [-0.25, -0.2) is 0 Å². The largest absolute Gasteiger partial charge is 0.379 e. The van der Waals surface area contributed by atoms with Crippen molar-refractivity contribution >= 4 is 22.3 Å². The molecule has 1 aromatic heterocycles. The number of unbranched alkanes of at least 4 members (excludes halogenated alkanes) is 1. The summed E-state index contributed by atoms with van der Waals surface area (Å²) in [6, 6.07) is 5.22. The predicted octanol–water partition coefficient (Wildman–Crippen LogP) is 3.29. The van der Waals surface area contributed by atoms with Gasteiger partial charge in [0.2, 0.25) is 0 Å². The molecule has 5 heteroatoms. The third kappa shape index (κ3) is 2.38. The minimum Gasteiger partial charge on any atom is -0.379 e. The second kappa shape index (κ2) is 4.86. The molecular formula is C12H15N3O2. The van der Waals surface area contributed by atoms with Gasteiger partial charge in [0.05, 0.1) is 4.92 Å². The van der Waals surface area contributed by atoms with Crippen LogP contribution in [0.1, 0.15) is 19.8 Å². The number of fused-ring (bicyclic) bond motifs is 1. The van der Waals surface area contributed by atoms with Crippen LogP contribution < -0.4 is 5.32 Å². The first kappa shape index (κ1) is 11.4. The van der Waals surface area contributed by atoms with E-state index in [0.717, 1.165) is 30.3 Å². The van der Waals surface area contributed by atoms with Crippen LogP contribution in [0.15, 0.2) is 24.4 Å². The van der Waals surface area contributed by atoms with Crippen LogP contribution >= 0.6 is 0 Å². The van der Waals surface area contributed by atoms with Crippen molar-refractivity contribution in [3.8, 4) is 0 Å². The van der Waals surface area contributed by atoms with E-state index < -0.39 is 0 Å². The van der Waals surface area contributed by atoms with Gasteiger partial charge in [0.25, 0.3) is 5.69 Å². The fourth-order valence-corrected chi connectivity index (χ4v) is 1.78. The van der Waals surface area contributed by atoms with E-state index in [2.05, 4.69) is 17.2 Å². The van der Waals surface area contributed by atoms with Gasteiger partial charge in [-0.2, -0.15) is 0 Å². The van der Waals surface area contributed by atoms with Gasteiger partial charge < -0.3 is 10.3 Å². The van der Waals surface area contributed by atoms with Gasteiger partial charge in [-0.15, -0.1) is 0 Å². The standard InChI is InChI=1S/C12H15N3O2/c1-2-3-5-13-11-8-10-9(4-6-14-10)7-12(11)15(16)17/h4,6-8,13-14H,2-3,5H2,1H3. The van der Waals surface area contributed by atoms with Gasteiger partial charge in [-0.3, -0.25) is 10.1 Å².